The summed E-state index contributed by atoms with van der Waals surface area (Å²) in [6.07, 6.45) is 5.70. The highest BCUT2D eigenvalue weighted by molar-refractivity contribution is 5.97. The number of hydrogen-bond donors (Lipinski definition) is 2. The monoisotopic (exact) mass is 335 g/mol. The van der Waals surface area contributed by atoms with Crippen molar-refractivity contribution in [2.24, 2.45) is 4.99 Å². The molecule has 0 aromatic rings. The molecule has 7 heteroatoms. The summed E-state index contributed by atoms with van der Waals surface area (Å²) in [5, 5.41) is 6.63. The number of nitrogens with one attached hydrogen (secondary N) is 2. The van der Waals surface area contributed by atoms with E-state index in [-0.39, 0.29) is 11.8 Å². The average molecular weight is 335 g/mol. The normalized spacial score (nSPS) is 21.0. The molecule has 2 aliphatic rings. The van der Waals surface area contributed by atoms with Gasteiger partial charge in [-0.25, -0.2) is 0 Å². The summed E-state index contributed by atoms with van der Waals surface area (Å²) in [6.45, 7) is 7.75. The van der Waals surface area contributed by atoms with Crippen molar-refractivity contribution < 1.29 is 9.59 Å². The first-order chi connectivity index (χ1) is 11.6. The van der Waals surface area contributed by atoms with Gasteiger partial charge in [0.15, 0.2) is 5.96 Å². The van der Waals surface area contributed by atoms with E-state index in [0.717, 1.165) is 38.4 Å². The lowest BCUT2D eigenvalue weighted by Gasteiger charge is -2.32. The van der Waals surface area contributed by atoms with E-state index in [1.807, 2.05) is 6.08 Å². The van der Waals surface area contributed by atoms with Crippen LogP contribution in [0.3, 0.4) is 0 Å². The molecule has 2 saturated heterocycles. The smallest absolute Gasteiger partial charge is 0.229 e. The van der Waals surface area contributed by atoms with Gasteiger partial charge in [-0.15, -0.1) is 6.58 Å². The van der Waals surface area contributed by atoms with E-state index in [1.165, 1.54) is 4.90 Å². The minimum atomic E-state index is -0.0643. The largest absolute Gasteiger partial charge is 0.355 e. The van der Waals surface area contributed by atoms with Gasteiger partial charge in [0.1, 0.15) is 0 Å². The van der Waals surface area contributed by atoms with E-state index in [0.29, 0.717) is 38.4 Å². The molecule has 0 aromatic heterocycles. The maximum atomic E-state index is 11.8. The first-order valence-electron chi connectivity index (χ1n) is 8.77. The van der Waals surface area contributed by atoms with Gasteiger partial charge in [-0.2, -0.15) is 0 Å². The van der Waals surface area contributed by atoms with E-state index in [1.54, 1.807) is 7.05 Å². The number of piperidine rings is 2. The molecule has 0 unspecified atom stereocenters. The van der Waals surface area contributed by atoms with E-state index < -0.39 is 0 Å². The molecular formula is C17H29N5O2. The van der Waals surface area contributed by atoms with Crippen LogP contribution in [0.15, 0.2) is 17.6 Å². The van der Waals surface area contributed by atoms with Gasteiger partial charge >= 0.3 is 0 Å². The molecule has 0 radical (unpaired) electrons. The van der Waals surface area contributed by atoms with Crippen molar-refractivity contribution >= 4 is 17.8 Å². The molecule has 0 saturated carbocycles. The Morgan fingerprint density at radius 3 is 2.54 bits per heavy atom. The lowest BCUT2D eigenvalue weighted by molar-refractivity contribution is -0.147. The third kappa shape index (κ3) is 5.33. The summed E-state index contributed by atoms with van der Waals surface area (Å²) < 4.78 is 0. The molecule has 7 nitrogen and oxygen atoms in total. The van der Waals surface area contributed by atoms with E-state index in [2.05, 4.69) is 27.1 Å². The SMILES string of the molecule is C=CCN1CCC(NC(=NC)NCCN2C(=O)CCCC2=O)CC1. The molecule has 2 heterocycles. The molecule has 2 amide bonds. The zero-order valence-electron chi connectivity index (χ0n) is 14.6. The summed E-state index contributed by atoms with van der Waals surface area (Å²) in [6, 6.07) is 0.399. The van der Waals surface area contributed by atoms with Crippen LogP contribution in [0, 0.1) is 0 Å². The Balaban J connectivity index is 1.70. The van der Waals surface area contributed by atoms with Crippen LogP contribution in [0.25, 0.3) is 0 Å². The van der Waals surface area contributed by atoms with Crippen LogP contribution in [-0.4, -0.2) is 73.4 Å². The number of hydrogen-bond acceptors (Lipinski definition) is 4. The first kappa shape index (κ1) is 18.4. The van der Waals surface area contributed by atoms with Crippen LogP contribution in [0.4, 0.5) is 0 Å². The van der Waals surface area contributed by atoms with E-state index in [9.17, 15) is 9.59 Å². The zero-order valence-corrected chi connectivity index (χ0v) is 14.6. The summed E-state index contributed by atoms with van der Waals surface area (Å²) >= 11 is 0. The molecule has 0 aromatic carbocycles. The average Bonchev–Trinajstić information content (AvgIpc) is 2.58. The van der Waals surface area contributed by atoms with Crippen molar-refractivity contribution in [2.75, 3.05) is 39.8 Å². The molecule has 134 valence electrons. The highest BCUT2D eigenvalue weighted by Gasteiger charge is 2.25. The number of likely N-dealkylation sites (tertiary alicyclic amines) is 2. The number of carbonyl (C=O) groups is 2. The van der Waals surface area contributed by atoms with Crippen LogP contribution in [0.5, 0.6) is 0 Å². The third-order valence-electron chi connectivity index (χ3n) is 4.55. The van der Waals surface area contributed by atoms with Crippen LogP contribution in [0.1, 0.15) is 32.1 Å². The second kappa shape index (κ2) is 9.42. The summed E-state index contributed by atoms with van der Waals surface area (Å²) in [7, 11) is 1.74. The number of imide groups is 1. The molecule has 0 bridgehead atoms. The minimum Gasteiger partial charge on any atom is -0.355 e. The molecule has 0 spiro atoms. The Labute approximate surface area is 144 Å². The number of aliphatic imine (C=N–C) groups is 1. The zero-order chi connectivity index (χ0) is 17.4. The van der Waals surface area contributed by atoms with Crippen molar-refractivity contribution in [2.45, 2.75) is 38.1 Å². The number of carbonyl (C=O) groups excluding carboxylic acids is 2. The summed E-state index contributed by atoms with van der Waals surface area (Å²) in [5.74, 6) is 0.602. The van der Waals surface area contributed by atoms with Crippen molar-refractivity contribution in [1.82, 2.24) is 20.4 Å². The Morgan fingerprint density at radius 2 is 1.96 bits per heavy atom. The van der Waals surface area contributed by atoms with Crippen molar-refractivity contribution in [3.63, 3.8) is 0 Å². The van der Waals surface area contributed by atoms with Gasteiger partial charge in [-0.3, -0.25) is 24.4 Å². The third-order valence-corrected chi connectivity index (χ3v) is 4.55. The van der Waals surface area contributed by atoms with Gasteiger partial charge in [0.25, 0.3) is 0 Å². The number of amides is 2. The fourth-order valence-electron chi connectivity index (χ4n) is 3.17. The predicted molar refractivity (Wildman–Crippen MR) is 94.7 cm³/mol. The Hall–Kier alpha value is -1.89. The number of nitrogens with zero attached hydrogens (tertiary/aromatic N) is 3. The molecule has 2 fully saturated rings. The van der Waals surface area contributed by atoms with Crippen LogP contribution >= 0.6 is 0 Å². The fraction of sp³-hybridized carbons (Fsp3) is 0.706. The van der Waals surface area contributed by atoms with Gasteiger partial charge in [0.2, 0.25) is 11.8 Å². The quantitative estimate of drug-likeness (QED) is 0.317. The van der Waals surface area contributed by atoms with E-state index >= 15 is 0 Å². The lowest BCUT2D eigenvalue weighted by Crippen LogP contribution is -2.50. The lowest BCUT2D eigenvalue weighted by atomic mass is 10.1. The Kier molecular flexibility index (Phi) is 7.24. The second-order valence-electron chi connectivity index (χ2n) is 6.30. The van der Waals surface area contributed by atoms with Gasteiger partial charge in [0.05, 0.1) is 0 Å². The molecule has 24 heavy (non-hydrogen) atoms. The predicted octanol–water partition coefficient (Wildman–Crippen LogP) is 0.341. The number of rotatable bonds is 6. The second-order valence-corrected chi connectivity index (χ2v) is 6.30. The molecule has 2 aliphatic heterocycles. The van der Waals surface area contributed by atoms with Crippen LogP contribution in [0.2, 0.25) is 0 Å². The summed E-state index contributed by atoms with van der Waals surface area (Å²) in [5.41, 5.74) is 0. The maximum Gasteiger partial charge on any atom is 0.229 e. The Bertz CT molecular complexity index is 467. The highest BCUT2D eigenvalue weighted by Crippen LogP contribution is 2.11. The van der Waals surface area contributed by atoms with Crippen molar-refractivity contribution in [1.29, 1.82) is 0 Å². The summed E-state index contributed by atoms with van der Waals surface area (Å²) in [4.78, 5) is 31.5. The van der Waals surface area contributed by atoms with Gasteiger partial charge in [-0.05, 0) is 19.3 Å². The van der Waals surface area contributed by atoms with Gasteiger partial charge in [-0.1, -0.05) is 6.08 Å². The van der Waals surface area contributed by atoms with Gasteiger partial charge < -0.3 is 10.6 Å². The highest BCUT2D eigenvalue weighted by atomic mass is 16.2. The van der Waals surface area contributed by atoms with Crippen molar-refractivity contribution in [3.8, 4) is 0 Å². The van der Waals surface area contributed by atoms with Gasteiger partial charge in [0, 0.05) is 58.7 Å². The number of guanidine groups is 1. The Morgan fingerprint density at radius 1 is 1.29 bits per heavy atom. The molecular weight excluding hydrogens is 306 g/mol. The topological polar surface area (TPSA) is 77.0 Å². The molecule has 2 N–H and O–H groups in total. The standard InChI is InChI=1S/C17H29N5O2/c1-3-10-21-11-7-14(8-12-21)20-17(18-2)19-9-13-22-15(23)5-4-6-16(22)24/h3,14H,1,4-13H2,2H3,(H2,18,19,20). The van der Waals surface area contributed by atoms with Crippen molar-refractivity contribution in [3.05, 3.63) is 12.7 Å². The minimum absolute atomic E-state index is 0.0643. The molecule has 0 atom stereocenters. The molecule has 2 rings (SSSR count). The fourth-order valence-corrected chi connectivity index (χ4v) is 3.17. The molecule has 0 aliphatic carbocycles. The van der Waals surface area contributed by atoms with E-state index in [4.69, 9.17) is 0 Å². The van der Waals surface area contributed by atoms with Crippen LogP contribution < -0.4 is 10.6 Å². The first-order valence-corrected chi connectivity index (χ1v) is 8.77. The van der Waals surface area contributed by atoms with Crippen LogP contribution in [-0.2, 0) is 9.59 Å². The maximum absolute atomic E-state index is 11.8.